The number of carbonyl (C=O) groups excluding carboxylic acids is 1. The first-order chi connectivity index (χ1) is 14.3. The number of amides is 2. The van der Waals surface area contributed by atoms with Gasteiger partial charge in [0.15, 0.2) is 5.13 Å². The van der Waals surface area contributed by atoms with E-state index in [1.165, 1.54) is 15.6 Å². The van der Waals surface area contributed by atoms with Gasteiger partial charge < -0.3 is 10.1 Å². The number of nitrogens with one attached hydrogen (secondary N) is 2. The number of thiazole rings is 1. The molecule has 1 aromatic heterocycles. The van der Waals surface area contributed by atoms with Gasteiger partial charge in [0.25, 0.3) is 0 Å². The Morgan fingerprint density at radius 2 is 2.00 bits per heavy atom. The molecule has 0 atom stereocenters. The van der Waals surface area contributed by atoms with Gasteiger partial charge in [-0.05, 0) is 44.5 Å². The Morgan fingerprint density at radius 1 is 1.27 bits per heavy atom. The van der Waals surface area contributed by atoms with Gasteiger partial charge in [0.2, 0.25) is 10.0 Å². The quantitative estimate of drug-likeness (QED) is 0.588. The number of sulfonamides is 1. The number of urea groups is 1. The maximum absolute atomic E-state index is 12.4. The van der Waals surface area contributed by atoms with Crippen molar-refractivity contribution in [2.75, 3.05) is 23.8 Å². The van der Waals surface area contributed by atoms with Gasteiger partial charge >= 0.3 is 6.03 Å². The number of fused-ring (bicyclic) bond motifs is 1. The van der Waals surface area contributed by atoms with Crippen LogP contribution in [0.25, 0.3) is 0 Å². The summed E-state index contributed by atoms with van der Waals surface area (Å²) in [4.78, 5) is 17.6. The SMILES string of the molecule is CCCCOc1ccc(NC(=O)Nc2nc3c(s2)CN(S(=O)(=O)C(C)C)CC3)cc1. The number of ether oxygens (including phenoxy) is 1. The highest BCUT2D eigenvalue weighted by atomic mass is 32.2. The molecule has 2 heterocycles. The first-order valence-corrected chi connectivity index (χ1v) is 12.4. The molecule has 164 valence electrons. The lowest BCUT2D eigenvalue weighted by atomic mass is 10.2. The lowest BCUT2D eigenvalue weighted by Gasteiger charge is -2.26. The highest BCUT2D eigenvalue weighted by Crippen LogP contribution is 2.30. The predicted molar refractivity (Wildman–Crippen MR) is 120 cm³/mol. The Morgan fingerprint density at radius 3 is 2.67 bits per heavy atom. The van der Waals surface area contributed by atoms with Gasteiger partial charge in [-0.1, -0.05) is 24.7 Å². The monoisotopic (exact) mass is 452 g/mol. The fourth-order valence-electron chi connectivity index (χ4n) is 2.97. The standard InChI is InChI=1S/C20H28N4O4S2/c1-4-5-12-28-16-8-6-15(7-9-16)21-19(25)23-20-22-17-10-11-24(13-18(17)29-20)30(26,27)14(2)3/h6-9,14H,4-5,10-13H2,1-3H3,(H2,21,22,23,25). The average Bonchev–Trinajstić information content (AvgIpc) is 3.10. The van der Waals surface area contributed by atoms with Crippen molar-refractivity contribution in [3.63, 3.8) is 0 Å². The van der Waals surface area contributed by atoms with Gasteiger partial charge in [-0.15, -0.1) is 0 Å². The van der Waals surface area contributed by atoms with Gasteiger partial charge in [0.05, 0.1) is 17.6 Å². The van der Waals surface area contributed by atoms with Crippen molar-refractivity contribution < 1.29 is 17.9 Å². The van der Waals surface area contributed by atoms with Crippen molar-refractivity contribution in [1.29, 1.82) is 0 Å². The summed E-state index contributed by atoms with van der Waals surface area (Å²) >= 11 is 1.31. The number of unbranched alkanes of at least 4 members (excludes halogenated alkanes) is 1. The van der Waals surface area contributed by atoms with Crippen LogP contribution >= 0.6 is 11.3 Å². The van der Waals surface area contributed by atoms with E-state index < -0.39 is 21.3 Å². The molecule has 0 fully saturated rings. The van der Waals surface area contributed by atoms with Gasteiger partial charge in [-0.3, -0.25) is 5.32 Å². The van der Waals surface area contributed by atoms with E-state index >= 15 is 0 Å². The summed E-state index contributed by atoms with van der Waals surface area (Å²) in [6, 6.07) is 6.80. The minimum absolute atomic E-state index is 0.302. The van der Waals surface area contributed by atoms with Crippen molar-refractivity contribution in [2.24, 2.45) is 0 Å². The highest BCUT2D eigenvalue weighted by molar-refractivity contribution is 7.89. The second-order valence-corrected chi connectivity index (χ2v) is 10.9. The molecule has 2 aromatic rings. The summed E-state index contributed by atoms with van der Waals surface area (Å²) in [6.07, 6.45) is 2.62. The van der Waals surface area contributed by atoms with Gasteiger partial charge in [0.1, 0.15) is 5.75 Å². The number of aromatic nitrogens is 1. The third-order valence-corrected chi connectivity index (χ3v) is 7.97. The maximum Gasteiger partial charge on any atom is 0.325 e. The normalized spacial score (nSPS) is 14.4. The molecule has 0 aliphatic carbocycles. The van der Waals surface area contributed by atoms with E-state index in [2.05, 4.69) is 22.5 Å². The molecule has 8 nitrogen and oxygen atoms in total. The van der Waals surface area contributed by atoms with Crippen LogP contribution in [0, 0.1) is 0 Å². The fraction of sp³-hybridized carbons (Fsp3) is 0.500. The van der Waals surface area contributed by atoms with Crippen molar-refractivity contribution in [1.82, 2.24) is 9.29 Å². The van der Waals surface area contributed by atoms with Crippen molar-refractivity contribution in [3.05, 3.63) is 34.8 Å². The van der Waals surface area contributed by atoms with Crippen LogP contribution in [-0.2, 0) is 23.0 Å². The molecular formula is C20H28N4O4S2. The third-order valence-electron chi connectivity index (χ3n) is 4.75. The minimum Gasteiger partial charge on any atom is -0.494 e. The number of rotatable bonds is 8. The molecule has 10 heteroatoms. The van der Waals surface area contributed by atoms with E-state index in [1.54, 1.807) is 26.0 Å². The summed E-state index contributed by atoms with van der Waals surface area (Å²) in [5, 5.41) is 5.51. The molecular weight excluding hydrogens is 424 g/mol. The molecule has 0 spiro atoms. The zero-order valence-electron chi connectivity index (χ0n) is 17.5. The summed E-state index contributed by atoms with van der Waals surface area (Å²) in [5.74, 6) is 0.767. The Bertz CT molecular complexity index is 971. The van der Waals surface area contributed by atoms with E-state index in [1.807, 2.05) is 12.1 Å². The first kappa shape index (κ1) is 22.5. The van der Waals surface area contributed by atoms with Gasteiger partial charge in [0, 0.05) is 30.1 Å². The van der Waals surface area contributed by atoms with E-state index in [9.17, 15) is 13.2 Å². The Kier molecular flexibility index (Phi) is 7.32. The number of anilines is 2. The van der Waals surface area contributed by atoms with Gasteiger partial charge in [-0.25, -0.2) is 18.2 Å². The van der Waals surface area contributed by atoms with Crippen LogP contribution in [0.2, 0.25) is 0 Å². The Labute approximate surface area is 181 Å². The van der Waals surface area contributed by atoms with Crippen molar-refractivity contribution in [2.45, 2.75) is 51.8 Å². The second kappa shape index (κ2) is 9.76. The molecule has 3 rings (SSSR count). The fourth-order valence-corrected chi connectivity index (χ4v) is 5.32. The van der Waals surface area contributed by atoms with Crippen LogP contribution in [0.15, 0.2) is 24.3 Å². The molecule has 0 unspecified atom stereocenters. The topological polar surface area (TPSA) is 101 Å². The molecule has 1 aliphatic heterocycles. The van der Waals surface area contributed by atoms with E-state index in [0.717, 1.165) is 29.2 Å². The van der Waals surface area contributed by atoms with Crippen LogP contribution in [0.1, 0.15) is 44.2 Å². The van der Waals surface area contributed by atoms with Gasteiger partial charge in [-0.2, -0.15) is 4.31 Å². The lowest BCUT2D eigenvalue weighted by Crippen LogP contribution is -2.39. The molecule has 1 aliphatic rings. The van der Waals surface area contributed by atoms with E-state index in [4.69, 9.17) is 4.74 Å². The number of nitrogens with zero attached hydrogens (tertiary/aromatic N) is 2. The second-order valence-electron chi connectivity index (χ2n) is 7.37. The predicted octanol–water partition coefficient (Wildman–Crippen LogP) is 4.06. The van der Waals surface area contributed by atoms with Crippen molar-refractivity contribution >= 4 is 38.2 Å². The van der Waals surface area contributed by atoms with E-state index in [-0.39, 0.29) is 0 Å². The first-order valence-electron chi connectivity index (χ1n) is 10.1. The Hall–Kier alpha value is -2.17. The molecule has 0 radical (unpaired) electrons. The average molecular weight is 453 g/mol. The molecule has 1 aromatic carbocycles. The van der Waals surface area contributed by atoms with Crippen LogP contribution in [0.4, 0.5) is 15.6 Å². The van der Waals surface area contributed by atoms with Crippen LogP contribution in [0.3, 0.4) is 0 Å². The lowest BCUT2D eigenvalue weighted by molar-refractivity contribution is 0.262. The number of hydrogen-bond acceptors (Lipinski definition) is 6. The molecule has 0 saturated heterocycles. The molecule has 2 N–H and O–H groups in total. The maximum atomic E-state index is 12.4. The molecule has 2 amide bonds. The summed E-state index contributed by atoms with van der Waals surface area (Å²) in [5.41, 5.74) is 1.49. The molecule has 30 heavy (non-hydrogen) atoms. The third kappa shape index (κ3) is 5.50. The molecule has 0 bridgehead atoms. The Balaban J connectivity index is 1.56. The minimum atomic E-state index is -3.31. The number of carbonyl (C=O) groups is 1. The van der Waals surface area contributed by atoms with Crippen LogP contribution < -0.4 is 15.4 Å². The number of hydrogen-bond donors (Lipinski definition) is 2. The molecule has 0 saturated carbocycles. The number of benzene rings is 1. The summed E-state index contributed by atoms with van der Waals surface area (Å²) in [7, 11) is -3.31. The summed E-state index contributed by atoms with van der Waals surface area (Å²) in [6.45, 7) is 6.86. The smallest absolute Gasteiger partial charge is 0.325 e. The van der Waals surface area contributed by atoms with E-state index in [0.29, 0.717) is 36.9 Å². The van der Waals surface area contributed by atoms with Crippen LogP contribution in [0.5, 0.6) is 5.75 Å². The van der Waals surface area contributed by atoms with Crippen LogP contribution in [-0.4, -0.2) is 42.1 Å². The largest absolute Gasteiger partial charge is 0.494 e. The summed E-state index contributed by atoms with van der Waals surface area (Å²) < 4.78 is 31.9. The zero-order valence-corrected chi connectivity index (χ0v) is 19.1. The highest BCUT2D eigenvalue weighted by Gasteiger charge is 2.31. The van der Waals surface area contributed by atoms with Crippen molar-refractivity contribution in [3.8, 4) is 5.75 Å². The zero-order chi connectivity index (χ0) is 21.7.